The van der Waals surface area contributed by atoms with Gasteiger partial charge in [-0.15, -0.1) is 0 Å². The number of rotatable bonds is 25. The van der Waals surface area contributed by atoms with E-state index in [2.05, 4.69) is 28.2 Å². The number of nitrogens with one attached hydrogen (secondary N) is 4. The Labute approximate surface area is 248 Å². The molecule has 1 aromatic rings. The van der Waals surface area contributed by atoms with Gasteiger partial charge in [0.15, 0.2) is 6.17 Å². The summed E-state index contributed by atoms with van der Waals surface area (Å²) in [6.45, 7) is 6.56. The summed E-state index contributed by atoms with van der Waals surface area (Å²) >= 11 is 0. The van der Waals surface area contributed by atoms with Crippen LogP contribution in [0.25, 0.3) is 0 Å². The minimum atomic E-state index is -0.868. The van der Waals surface area contributed by atoms with Gasteiger partial charge in [0.1, 0.15) is 5.75 Å². The van der Waals surface area contributed by atoms with E-state index in [-0.39, 0.29) is 17.7 Å². The highest BCUT2D eigenvalue weighted by Crippen LogP contribution is 2.17. The molecule has 0 aliphatic carbocycles. The number of amides is 3. The largest absolute Gasteiger partial charge is 0.494 e. The molecule has 0 heterocycles. The second-order valence-corrected chi connectivity index (χ2v) is 11.0. The van der Waals surface area contributed by atoms with Crippen molar-refractivity contribution < 1.29 is 19.1 Å². The Balaban J connectivity index is 2.24. The highest BCUT2D eigenvalue weighted by molar-refractivity contribution is 5.89. The van der Waals surface area contributed by atoms with Crippen LogP contribution in [0, 0.1) is 0 Å². The first-order valence-electron chi connectivity index (χ1n) is 15.8. The van der Waals surface area contributed by atoms with Gasteiger partial charge in [0.25, 0.3) is 5.91 Å². The molecular weight excluding hydrogens is 518 g/mol. The van der Waals surface area contributed by atoms with Crippen LogP contribution in [0.1, 0.15) is 104 Å². The number of carbonyl (C=O) groups is 3. The number of likely N-dealkylation sites (N-methyl/N-ethyl adjacent to an activating group) is 1. The smallest absolute Gasteiger partial charge is 0.263 e. The minimum Gasteiger partial charge on any atom is -0.494 e. The van der Waals surface area contributed by atoms with E-state index in [1.165, 1.54) is 57.8 Å². The molecule has 0 radical (unpaired) electrons. The molecule has 1 atom stereocenters. The van der Waals surface area contributed by atoms with Crippen LogP contribution in [-0.2, 0) is 14.4 Å². The van der Waals surface area contributed by atoms with Crippen molar-refractivity contribution in [1.82, 2.24) is 20.9 Å². The maximum Gasteiger partial charge on any atom is 0.263 e. The molecule has 0 aromatic heterocycles. The van der Waals surface area contributed by atoms with E-state index in [0.29, 0.717) is 50.3 Å². The number of unbranched alkanes of at least 4 members (excludes halogenated alkanes) is 9. The molecule has 1 aromatic carbocycles. The summed E-state index contributed by atoms with van der Waals surface area (Å²) in [5, 5.41) is 11.6. The number of benzene rings is 1. The molecule has 0 aliphatic heterocycles. The van der Waals surface area contributed by atoms with Crippen molar-refractivity contribution in [3.8, 4) is 5.75 Å². The van der Waals surface area contributed by atoms with Gasteiger partial charge in [-0.3, -0.25) is 14.4 Å². The number of carbonyl (C=O) groups excluding carboxylic acids is 3. The number of anilines is 1. The van der Waals surface area contributed by atoms with E-state index in [4.69, 9.17) is 4.74 Å². The van der Waals surface area contributed by atoms with Crippen LogP contribution in [0.5, 0.6) is 5.75 Å². The molecule has 0 bridgehead atoms. The van der Waals surface area contributed by atoms with Crippen molar-refractivity contribution >= 4 is 23.4 Å². The first-order chi connectivity index (χ1) is 19.8. The van der Waals surface area contributed by atoms with E-state index in [0.717, 1.165) is 19.5 Å². The molecule has 0 saturated carbocycles. The fourth-order valence-corrected chi connectivity index (χ4v) is 4.40. The minimum absolute atomic E-state index is 0.0734. The number of nitrogens with zero attached hydrogens (tertiary/aromatic N) is 1. The monoisotopic (exact) mass is 575 g/mol. The summed E-state index contributed by atoms with van der Waals surface area (Å²) in [5.41, 5.74) is 0.688. The summed E-state index contributed by atoms with van der Waals surface area (Å²) in [6, 6.07) is 7.22. The molecule has 0 spiro atoms. The van der Waals surface area contributed by atoms with E-state index < -0.39 is 6.17 Å². The Morgan fingerprint density at radius 2 is 1.37 bits per heavy atom. The molecule has 41 heavy (non-hydrogen) atoms. The van der Waals surface area contributed by atoms with Gasteiger partial charge in [-0.05, 0) is 71.1 Å². The van der Waals surface area contributed by atoms with Crippen molar-refractivity contribution in [2.75, 3.05) is 45.7 Å². The summed E-state index contributed by atoms with van der Waals surface area (Å²) in [5.74, 6) is 0.288. The zero-order chi connectivity index (χ0) is 30.1. The van der Waals surface area contributed by atoms with Crippen molar-refractivity contribution in [2.24, 2.45) is 0 Å². The highest BCUT2D eigenvalue weighted by Gasteiger charge is 2.20. The maximum atomic E-state index is 12.5. The molecule has 4 N–H and O–H groups in total. The molecule has 0 fully saturated rings. The van der Waals surface area contributed by atoms with Crippen LogP contribution in [0.3, 0.4) is 0 Å². The molecular formula is C32H57N5O4. The third kappa shape index (κ3) is 19.8. The van der Waals surface area contributed by atoms with E-state index >= 15 is 0 Å². The zero-order valence-electron chi connectivity index (χ0n) is 26.2. The Kier molecular flexibility index (Phi) is 21.1. The molecule has 1 unspecified atom stereocenters. The molecule has 9 heteroatoms. The third-order valence-electron chi connectivity index (χ3n) is 6.76. The van der Waals surface area contributed by atoms with Crippen molar-refractivity contribution in [1.29, 1.82) is 0 Å². The summed E-state index contributed by atoms with van der Waals surface area (Å²) in [6.07, 6.45) is 14.2. The Bertz CT molecular complexity index is 832. The van der Waals surface area contributed by atoms with Crippen LogP contribution >= 0.6 is 0 Å². The van der Waals surface area contributed by atoms with Crippen molar-refractivity contribution in [2.45, 2.75) is 110 Å². The molecule has 9 nitrogen and oxygen atoms in total. The first-order valence-corrected chi connectivity index (χ1v) is 15.8. The number of hydrogen-bond acceptors (Lipinski definition) is 6. The average molecular weight is 576 g/mol. The van der Waals surface area contributed by atoms with Gasteiger partial charge in [-0.2, -0.15) is 0 Å². The summed E-state index contributed by atoms with van der Waals surface area (Å²) in [7, 11) is 3.92. The highest BCUT2D eigenvalue weighted by atomic mass is 16.5. The van der Waals surface area contributed by atoms with Gasteiger partial charge in [0, 0.05) is 31.6 Å². The summed E-state index contributed by atoms with van der Waals surface area (Å²) in [4.78, 5) is 38.9. The van der Waals surface area contributed by atoms with Crippen LogP contribution in [0.15, 0.2) is 24.3 Å². The Morgan fingerprint density at radius 3 is 1.98 bits per heavy atom. The van der Waals surface area contributed by atoms with Crippen LogP contribution in [-0.4, -0.2) is 69.1 Å². The Morgan fingerprint density at radius 1 is 0.756 bits per heavy atom. The predicted molar refractivity (Wildman–Crippen MR) is 168 cm³/mol. The van der Waals surface area contributed by atoms with E-state index in [1.54, 1.807) is 24.3 Å². The third-order valence-corrected chi connectivity index (χ3v) is 6.76. The number of hydrogen-bond donors (Lipinski definition) is 4. The normalized spacial score (nSPS) is 11.6. The van der Waals surface area contributed by atoms with Crippen LogP contribution < -0.4 is 26.0 Å². The van der Waals surface area contributed by atoms with E-state index in [9.17, 15) is 14.4 Å². The fraction of sp³-hybridized carbons (Fsp3) is 0.719. The lowest BCUT2D eigenvalue weighted by atomic mass is 10.1. The van der Waals surface area contributed by atoms with Crippen molar-refractivity contribution in [3.63, 3.8) is 0 Å². The lowest BCUT2D eigenvalue weighted by Crippen LogP contribution is -2.51. The second kappa shape index (κ2) is 23.9. The SMILES string of the molecule is CCCCCCCCCCCCNC(=O)CCCOc1ccc(NC(NC(=O)CCCN(C)C)C(=O)NCC)cc1. The molecule has 1 rings (SSSR count). The topological polar surface area (TPSA) is 112 Å². The van der Waals surface area contributed by atoms with Gasteiger partial charge in [0.05, 0.1) is 6.61 Å². The number of ether oxygens (including phenoxy) is 1. The predicted octanol–water partition coefficient (Wildman–Crippen LogP) is 5.21. The molecule has 234 valence electrons. The van der Waals surface area contributed by atoms with Crippen molar-refractivity contribution in [3.05, 3.63) is 24.3 Å². The quantitative estimate of drug-likeness (QED) is 0.0940. The first kappa shape index (κ1) is 36.2. The van der Waals surface area contributed by atoms with Gasteiger partial charge in [0.2, 0.25) is 11.8 Å². The van der Waals surface area contributed by atoms with Crippen LogP contribution in [0.2, 0.25) is 0 Å². The lowest BCUT2D eigenvalue weighted by molar-refractivity contribution is -0.128. The van der Waals surface area contributed by atoms with E-state index in [1.807, 2.05) is 25.9 Å². The van der Waals surface area contributed by atoms with Gasteiger partial charge >= 0.3 is 0 Å². The summed E-state index contributed by atoms with van der Waals surface area (Å²) < 4.78 is 5.78. The fourth-order valence-electron chi connectivity index (χ4n) is 4.40. The lowest BCUT2D eigenvalue weighted by Gasteiger charge is -2.21. The zero-order valence-corrected chi connectivity index (χ0v) is 26.2. The molecule has 0 aliphatic rings. The van der Waals surface area contributed by atoms with Gasteiger partial charge in [-0.25, -0.2) is 0 Å². The second-order valence-electron chi connectivity index (χ2n) is 11.0. The van der Waals surface area contributed by atoms with Gasteiger partial charge in [-0.1, -0.05) is 64.7 Å². The maximum absolute atomic E-state index is 12.5. The standard InChI is InChI=1S/C32H57N5O4/c1-5-7-8-9-10-11-12-13-14-15-24-34-29(38)19-17-26-41-28-22-20-27(21-23-28)35-31(32(40)33-6-2)36-30(39)18-16-25-37(3)4/h20-23,31,35H,5-19,24-26H2,1-4H3,(H,33,40)(H,34,38)(H,36,39). The molecule has 0 saturated heterocycles. The molecule has 3 amide bonds. The average Bonchev–Trinajstić information content (AvgIpc) is 2.94. The Hall–Kier alpha value is -2.81. The van der Waals surface area contributed by atoms with Gasteiger partial charge < -0.3 is 30.9 Å². The van der Waals surface area contributed by atoms with Crippen LogP contribution in [0.4, 0.5) is 5.69 Å².